The summed E-state index contributed by atoms with van der Waals surface area (Å²) in [7, 11) is 1.78. The monoisotopic (exact) mass is 252 g/mol. The number of nitrogens with zero attached hydrogens (tertiary/aromatic N) is 4. The second-order valence-corrected chi connectivity index (χ2v) is 4.36. The van der Waals surface area contributed by atoms with Crippen LogP contribution in [0.25, 0.3) is 10.9 Å². The van der Waals surface area contributed by atoms with Gasteiger partial charge in [-0.1, -0.05) is 23.4 Å². The zero-order valence-electron chi connectivity index (χ0n) is 10.4. The van der Waals surface area contributed by atoms with Crippen molar-refractivity contribution in [3.8, 4) is 0 Å². The average molecular weight is 252 g/mol. The van der Waals surface area contributed by atoms with Crippen LogP contribution in [0, 0.1) is 0 Å². The zero-order chi connectivity index (χ0) is 13.2. The molecule has 1 aromatic carbocycles. The van der Waals surface area contributed by atoms with E-state index in [1.165, 1.54) is 0 Å². The lowest BCUT2D eigenvalue weighted by atomic mass is 10.0. The number of rotatable bonds is 3. The van der Waals surface area contributed by atoms with Gasteiger partial charge in [0.2, 0.25) is 0 Å². The minimum atomic E-state index is 0.00444. The molecule has 0 amide bonds. The normalized spacial score (nSPS) is 10.8. The standard InChI is InChI=1S/C14H12N4O/c1-18-9-11(16-17-18)8-13(19)12-6-2-4-10-5-3-7-15-14(10)12/h2-7,9H,8H2,1H3. The summed E-state index contributed by atoms with van der Waals surface area (Å²) < 4.78 is 1.59. The van der Waals surface area contributed by atoms with Gasteiger partial charge in [-0.05, 0) is 12.1 Å². The number of carbonyl (C=O) groups is 1. The van der Waals surface area contributed by atoms with Gasteiger partial charge in [0.15, 0.2) is 5.78 Å². The van der Waals surface area contributed by atoms with E-state index in [2.05, 4.69) is 15.3 Å². The van der Waals surface area contributed by atoms with Crippen molar-refractivity contribution in [3.05, 3.63) is 54.0 Å². The van der Waals surface area contributed by atoms with Gasteiger partial charge in [0.05, 0.1) is 17.6 Å². The maximum absolute atomic E-state index is 12.3. The van der Waals surface area contributed by atoms with Gasteiger partial charge in [-0.15, -0.1) is 5.10 Å². The van der Waals surface area contributed by atoms with E-state index in [0.29, 0.717) is 11.3 Å². The minimum Gasteiger partial charge on any atom is -0.294 e. The molecule has 0 atom stereocenters. The summed E-state index contributed by atoms with van der Waals surface area (Å²) in [5.74, 6) is 0.00444. The van der Waals surface area contributed by atoms with Gasteiger partial charge in [0.25, 0.3) is 0 Å². The molecular weight excluding hydrogens is 240 g/mol. The molecule has 0 aliphatic rings. The molecule has 0 saturated carbocycles. The van der Waals surface area contributed by atoms with Gasteiger partial charge in [0.1, 0.15) is 0 Å². The number of aryl methyl sites for hydroxylation is 1. The van der Waals surface area contributed by atoms with Crippen molar-refractivity contribution in [2.45, 2.75) is 6.42 Å². The number of hydrogen-bond donors (Lipinski definition) is 0. The molecule has 0 aliphatic heterocycles. The Morgan fingerprint density at radius 2 is 2.11 bits per heavy atom. The van der Waals surface area contributed by atoms with Crippen LogP contribution in [0.4, 0.5) is 0 Å². The maximum Gasteiger partial charge on any atom is 0.171 e. The van der Waals surface area contributed by atoms with E-state index in [4.69, 9.17) is 0 Å². The molecule has 0 bridgehead atoms. The molecule has 3 rings (SSSR count). The first-order valence-corrected chi connectivity index (χ1v) is 5.96. The van der Waals surface area contributed by atoms with Crippen LogP contribution in [0.1, 0.15) is 16.1 Å². The third-order valence-corrected chi connectivity index (χ3v) is 2.92. The molecule has 0 unspecified atom stereocenters. The van der Waals surface area contributed by atoms with Crippen LogP contribution in [-0.2, 0) is 13.5 Å². The summed E-state index contributed by atoms with van der Waals surface area (Å²) in [5, 5.41) is 8.72. The molecule has 2 heterocycles. The topological polar surface area (TPSA) is 60.7 Å². The second-order valence-electron chi connectivity index (χ2n) is 4.36. The van der Waals surface area contributed by atoms with Crippen molar-refractivity contribution in [2.75, 3.05) is 0 Å². The number of hydrogen-bond acceptors (Lipinski definition) is 4. The fraction of sp³-hybridized carbons (Fsp3) is 0.143. The molecule has 3 aromatic rings. The van der Waals surface area contributed by atoms with Crippen LogP contribution in [0.15, 0.2) is 42.7 Å². The fourth-order valence-corrected chi connectivity index (χ4v) is 2.07. The summed E-state index contributed by atoms with van der Waals surface area (Å²) in [6.07, 6.45) is 3.68. The predicted molar refractivity (Wildman–Crippen MR) is 70.8 cm³/mol. The van der Waals surface area contributed by atoms with Gasteiger partial charge in [-0.3, -0.25) is 14.5 Å². The molecule has 5 nitrogen and oxygen atoms in total. The predicted octanol–water partition coefficient (Wildman–Crippen LogP) is 1.79. The van der Waals surface area contributed by atoms with Gasteiger partial charge in [-0.25, -0.2) is 0 Å². The first-order chi connectivity index (χ1) is 9.24. The summed E-state index contributed by atoms with van der Waals surface area (Å²) in [6, 6.07) is 9.42. The summed E-state index contributed by atoms with van der Waals surface area (Å²) in [6.45, 7) is 0. The van der Waals surface area contributed by atoms with Gasteiger partial charge in [0, 0.05) is 30.4 Å². The second kappa shape index (κ2) is 4.61. The van der Waals surface area contributed by atoms with Crippen LogP contribution >= 0.6 is 0 Å². The van der Waals surface area contributed by atoms with E-state index in [9.17, 15) is 4.79 Å². The van der Waals surface area contributed by atoms with E-state index >= 15 is 0 Å². The Morgan fingerprint density at radius 3 is 2.89 bits per heavy atom. The number of aromatic nitrogens is 4. The first kappa shape index (κ1) is 11.5. The lowest BCUT2D eigenvalue weighted by Crippen LogP contribution is -2.05. The molecule has 0 aliphatic carbocycles. The number of para-hydroxylation sites is 1. The Kier molecular flexibility index (Phi) is 2.79. The summed E-state index contributed by atoms with van der Waals surface area (Å²) in [5.41, 5.74) is 2.03. The summed E-state index contributed by atoms with van der Waals surface area (Å²) in [4.78, 5) is 16.6. The van der Waals surface area contributed by atoms with Crippen molar-refractivity contribution < 1.29 is 4.79 Å². The van der Waals surface area contributed by atoms with E-state index in [0.717, 1.165) is 10.9 Å². The Hall–Kier alpha value is -2.56. The van der Waals surface area contributed by atoms with Gasteiger partial charge >= 0.3 is 0 Å². The Bertz CT molecular complexity index is 743. The van der Waals surface area contributed by atoms with Crippen molar-refractivity contribution in [3.63, 3.8) is 0 Å². The van der Waals surface area contributed by atoms with Crippen LogP contribution in [0.2, 0.25) is 0 Å². The Labute approximate surface area is 109 Å². The van der Waals surface area contributed by atoms with E-state index < -0.39 is 0 Å². The SMILES string of the molecule is Cn1cc(CC(=O)c2cccc3cccnc23)nn1. The van der Waals surface area contributed by atoms with Crippen LogP contribution < -0.4 is 0 Å². The number of benzene rings is 1. The van der Waals surface area contributed by atoms with Crippen LogP contribution in [-0.4, -0.2) is 25.8 Å². The maximum atomic E-state index is 12.3. The van der Waals surface area contributed by atoms with Gasteiger partial charge < -0.3 is 0 Å². The molecule has 94 valence electrons. The smallest absolute Gasteiger partial charge is 0.171 e. The highest BCUT2D eigenvalue weighted by molar-refractivity contribution is 6.07. The number of fused-ring (bicyclic) bond motifs is 1. The van der Waals surface area contributed by atoms with Gasteiger partial charge in [-0.2, -0.15) is 0 Å². The molecular formula is C14H12N4O. The molecule has 0 N–H and O–H groups in total. The zero-order valence-corrected chi connectivity index (χ0v) is 10.4. The van der Waals surface area contributed by atoms with Crippen molar-refractivity contribution in [1.82, 2.24) is 20.0 Å². The van der Waals surface area contributed by atoms with E-state index in [1.807, 2.05) is 24.3 Å². The number of ketones is 1. The van der Waals surface area contributed by atoms with Crippen molar-refractivity contribution >= 4 is 16.7 Å². The molecule has 0 fully saturated rings. The lowest BCUT2D eigenvalue weighted by Gasteiger charge is -2.03. The summed E-state index contributed by atoms with van der Waals surface area (Å²) >= 11 is 0. The number of pyridine rings is 1. The molecule has 2 aromatic heterocycles. The van der Waals surface area contributed by atoms with Crippen LogP contribution in [0.3, 0.4) is 0 Å². The van der Waals surface area contributed by atoms with E-state index in [-0.39, 0.29) is 12.2 Å². The lowest BCUT2D eigenvalue weighted by molar-refractivity contribution is 0.0993. The Balaban J connectivity index is 1.97. The van der Waals surface area contributed by atoms with Crippen molar-refractivity contribution in [2.24, 2.45) is 7.05 Å². The molecule has 19 heavy (non-hydrogen) atoms. The third-order valence-electron chi connectivity index (χ3n) is 2.92. The Morgan fingerprint density at radius 1 is 1.26 bits per heavy atom. The third kappa shape index (κ3) is 2.22. The van der Waals surface area contributed by atoms with E-state index in [1.54, 1.807) is 30.2 Å². The number of Topliss-reactive ketones (excluding diaryl/α,β-unsaturated/α-hetero) is 1. The fourth-order valence-electron chi connectivity index (χ4n) is 2.07. The molecule has 0 spiro atoms. The molecule has 0 saturated heterocycles. The highest BCUT2D eigenvalue weighted by Gasteiger charge is 2.13. The largest absolute Gasteiger partial charge is 0.294 e. The quantitative estimate of drug-likeness (QED) is 0.667. The average Bonchev–Trinajstić information content (AvgIpc) is 2.83. The first-order valence-electron chi connectivity index (χ1n) is 5.96. The minimum absolute atomic E-state index is 0.00444. The van der Waals surface area contributed by atoms with Crippen molar-refractivity contribution in [1.29, 1.82) is 0 Å². The molecule has 5 heteroatoms. The number of carbonyl (C=O) groups excluding carboxylic acids is 1. The highest BCUT2D eigenvalue weighted by Crippen LogP contribution is 2.17. The highest BCUT2D eigenvalue weighted by atomic mass is 16.1. The molecule has 0 radical (unpaired) electrons. The van der Waals surface area contributed by atoms with Crippen LogP contribution in [0.5, 0.6) is 0 Å².